The molecule has 0 saturated carbocycles. The highest BCUT2D eigenvalue weighted by Crippen LogP contribution is 2.17. The summed E-state index contributed by atoms with van der Waals surface area (Å²) in [5.41, 5.74) is 5.29. The minimum Gasteiger partial charge on any atom is -0.468 e. The predicted octanol–water partition coefficient (Wildman–Crippen LogP) is 2.01. The van der Waals surface area contributed by atoms with Crippen LogP contribution in [-0.4, -0.2) is 11.6 Å². The van der Waals surface area contributed by atoms with Gasteiger partial charge in [-0.25, -0.2) is 0 Å². The van der Waals surface area contributed by atoms with Crippen molar-refractivity contribution in [3.8, 4) is 0 Å². The molecule has 0 aliphatic rings. The van der Waals surface area contributed by atoms with Gasteiger partial charge in [0.15, 0.2) is 0 Å². The Balaban J connectivity index is 2.45. The first-order valence-corrected chi connectivity index (χ1v) is 4.89. The highest BCUT2D eigenvalue weighted by atomic mass is 16.6. The lowest BCUT2D eigenvalue weighted by Gasteiger charge is -2.20. The van der Waals surface area contributed by atoms with E-state index in [1.807, 2.05) is 20.8 Å². The molecule has 1 heterocycles. The van der Waals surface area contributed by atoms with Crippen LogP contribution in [0.1, 0.15) is 39.0 Å². The summed E-state index contributed by atoms with van der Waals surface area (Å²) < 4.78 is 10.2. The molecule has 0 radical (unpaired) electrons. The number of rotatable bonds is 3. The Morgan fingerprint density at radius 2 is 2.27 bits per heavy atom. The van der Waals surface area contributed by atoms with Gasteiger partial charge in [0, 0.05) is 0 Å². The van der Waals surface area contributed by atoms with Crippen LogP contribution in [0.15, 0.2) is 22.8 Å². The number of ether oxygens (including phenoxy) is 1. The first-order valence-electron chi connectivity index (χ1n) is 4.89. The van der Waals surface area contributed by atoms with E-state index in [2.05, 4.69) is 0 Å². The van der Waals surface area contributed by atoms with Gasteiger partial charge in [-0.05, 0) is 32.9 Å². The fraction of sp³-hybridized carbons (Fsp3) is 0.545. The molecule has 1 atom stereocenters. The summed E-state index contributed by atoms with van der Waals surface area (Å²) in [7, 11) is 0. The normalized spacial score (nSPS) is 13.6. The van der Waals surface area contributed by atoms with E-state index in [0.29, 0.717) is 5.76 Å². The molecule has 1 rings (SSSR count). The minimum absolute atomic E-state index is 0.130. The minimum atomic E-state index is -0.472. The molecule has 0 fully saturated rings. The zero-order valence-electron chi connectivity index (χ0n) is 9.32. The lowest BCUT2D eigenvalue weighted by atomic mass is 10.1. The molecule has 1 aromatic heterocycles. The number of esters is 1. The fourth-order valence-electron chi connectivity index (χ4n) is 1.17. The number of nitrogens with two attached hydrogens (primary N) is 1. The van der Waals surface area contributed by atoms with Crippen molar-refractivity contribution in [2.75, 3.05) is 0 Å². The van der Waals surface area contributed by atoms with Crippen molar-refractivity contribution in [2.45, 2.75) is 38.8 Å². The van der Waals surface area contributed by atoms with Gasteiger partial charge in [0.25, 0.3) is 0 Å². The van der Waals surface area contributed by atoms with Crippen LogP contribution in [0.25, 0.3) is 0 Å². The van der Waals surface area contributed by atoms with Crippen molar-refractivity contribution < 1.29 is 13.9 Å². The van der Waals surface area contributed by atoms with Crippen molar-refractivity contribution in [3.05, 3.63) is 24.2 Å². The van der Waals surface area contributed by atoms with Gasteiger partial charge in [0.05, 0.1) is 18.7 Å². The van der Waals surface area contributed by atoms with Crippen molar-refractivity contribution in [1.82, 2.24) is 0 Å². The molecular formula is C11H17NO3. The SMILES string of the molecule is CC(C)(C)OC(=O)CC(N)c1ccco1. The Morgan fingerprint density at radius 3 is 2.73 bits per heavy atom. The Morgan fingerprint density at radius 1 is 1.60 bits per heavy atom. The van der Waals surface area contributed by atoms with Gasteiger partial charge in [-0.3, -0.25) is 4.79 Å². The third-order valence-electron chi connectivity index (χ3n) is 1.72. The fourth-order valence-corrected chi connectivity index (χ4v) is 1.17. The van der Waals surface area contributed by atoms with Crippen LogP contribution in [-0.2, 0) is 9.53 Å². The van der Waals surface area contributed by atoms with E-state index in [0.717, 1.165) is 0 Å². The van der Waals surface area contributed by atoms with Gasteiger partial charge in [-0.2, -0.15) is 0 Å². The van der Waals surface area contributed by atoms with Crippen molar-refractivity contribution in [1.29, 1.82) is 0 Å². The highest BCUT2D eigenvalue weighted by molar-refractivity contribution is 5.70. The maximum Gasteiger partial charge on any atom is 0.308 e. The zero-order valence-corrected chi connectivity index (χ0v) is 9.32. The molecule has 0 aromatic carbocycles. The molecular weight excluding hydrogens is 194 g/mol. The van der Waals surface area contributed by atoms with Gasteiger partial charge in [-0.15, -0.1) is 0 Å². The molecule has 1 aromatic rings. The topological polar surface area (TPSA) is 65.5 Å². The van der Waals surface area contributed by atoms with Gasteiger partial charge in [0.1, 0.15) is 11.4 Å². The second-order valence-electron chi connectivity index (χ2n) is 4.41. The molecule has 0 amide bonds. The van der Waals surface area contributed by atoms with Crippen molar-refractivity contribution in [2.24, 2.45) is 5.73 Å². The quantitative estimate of drug-likeness (QED) is 0.777. The second kappa shape index (κ2) is 4.49. The largest absolute Gasteiger partial charge is 0.468 e. The van der Waals surface area contributed by atoms with Crippen LogP contribution in [0.5, 0.6) is 0 Å². The molecule has 0 spiro atoms. The Hall–Kier alpha value is -1.29. The summed E-state index contributed by atoms with van der Waals surface area (Å²) in [6, 6.07) is 3.05. The highest BCUT2D eigenvalue weighted by Gasteiger charge is 2.20. The Kier molecular flexibility index (Phi) is 3.52. The molecule has 1 unspecified atom stereocenters. The van der Waals surface area contributed by atoms with E-state index in [-0.39, 0.29) is 12.4 Å². The molecule has 84 valence electrons. The molecule has 0 saturated heterocycles. The van der Waals surface area contributed by atoms with Gasteiger partial charge in [0.2, 0.25) is 0 Å². The maximum atomic E-state index is 11.4. The van der Waals surface area contributed by atoms with E-state index < -0.39 is 11.6 Å². The standard InChI is InChI=1S/C11H17NO3/c1-11(2,3)15-10(13)7-8(12)9-5-4-6-14-9/h4-6,8H,7,12H2,1-3H3. The summed E-state index contributed by atoms with van der Waals surface area (Å²) in [4.78, 5) is 11.4. The molecule has 0 aliphatic heterocycles. The number of hydrogen-bond acceptors (Lipinski definition) is 4. The van der Waals surface area contributed by atoms with E-state index in [1.165, 1.54) is 6.26 Å². The Labute approximate surface area is 89.4 Å². The lowest BCUT2D eigenvalue weighted by molar-refractivity contribution is -0.155. The monoisotopic (exact) mass is 211 g/mol. The van der Waals surface area contributed by atoms with Gasteiger partial charge >= 0.3 is 5.97 Å². The first-order chi connectivity index (χ1) is 6.88. The number of carbonyl (C=O) groups is 1. The molecule has 2 N–H and O–H groups in total. The molecule has 4 nitrogen and oxygen atoms in total. The lowest BCUT2D eigenvalue weighted by Crippen LogP contribution is -2.26. The van der Waals surface area contributed by atoms with Crippen LogP contribution in [0.4, 0.5) is 0 Å². The van der Waals surface area contributed by atoms with Crippen molar-refractivity contribution >= 4 is 5.97 Å². The first kappa shape index (κ1) is 11.8. The van der Waals surface area contributed by atoms with Crippen LogP contribution < -0.4 is 5.73 Å². The van der Waals surface area contributed by atoms with E-state index in [9.17, 15) is 4.79 Å². The predicted molar refractivity (Wildman–Crippen MR) is 56.1 cm³/mol. The number of furan rings is 1. The second-order valence-corrected chi connectivity index (χ2v) is 4.41. The smallest absolute Gasteiger partial charge is 0.308 e. The Bertz CT molecular complexity index is 311. The molecule has 0 aliphatic carbocycles. The number of carbonyl (C=O) groups excluding carboxylic acids is 1. The van der Waals surface area contributed by atoms with E-state index >= 15 is 0 Å². The average molecular weight is 211 g/mol. The summed E-state index contributed by atoms with van der Waals surface area (Å²) in [6.45, 7) is 5.47. The van der Waals surface area contributed by atoms with E-state index in [4.69, 9.17) is 14.9 Å². The van der Waals surface area contributed by atoms with E-state index in [1.54, 1.807) is 12.1 Å². The summed E-state index contributed by atoms with van der Waals surface area (Å²) in [5, 5.41) is 0. The van der Waals surface area contributed by atoms with Crippen LogP contribution >= 0.6 is 0 Å². The number of hydrogen-bond donors (Lipinski definition) is 1. The maximum absolute atomic E-state index is 11.4. The molecule has 4 heteroatoms. The van der Waals surface area contributed by atoms with Crippen molar-refractivity contribution in [3.63, 3.8) is 0 Å². The third kappa shape index (κ3) is 4.16. The average Bonchev–Trinajstić information content (AvgIpc) is 2.50. The van der Waals surface area contributed by atoms with Crippen LogP contribution in [0.3, 0.4) is 0 Å². The molecule has 0 bridgehead atoms. The van der Waals surface area contributed by atoms with Gasteiger partial charge in [-0.1, -0.05) is 0 Å². The summed E-state index contributed by atoms with van der Waals surface area (Å²) >= 11 is 0. The summed E-state index contributed by atoms with van der Waals surface area (Å²) in [6.07, 6.45) is 1.66. The van der Waals surface area contributed by atoms with Crippen LogP contribution in [0, 0.1) is 0 Å². The zero-order chi connectivity index (χ0) is 11.5. The summed E-state index contributed by atoms with van der Waals surface area (Å²) in [5.74, 6) is 0.284. The third-order valence-corrected chi connectivity index (χ3v) is 1.72. The van der Waals surface area contributed by atoms with Gasteiger partial charge < -0.3 is 14.9 Å². The van der Waals surface area contributed by atoms with Crippen LogP contribution in [0.2, 0.25) is 0 Å². The molecule has 15 heavy (non-hydrogen) atoms.